The Bertz CT molecular complexity index is 621. The zero-order chi connectivity index (χ0) is 18.6. The third-order valence-corrected chi connectivity index (χ3v) is 6.13. The molecule has 3 rings (SSSR count). The van der Waals surface area contributed by atoms with Crippen molar-refractivity contribution in [2.75, 3.05) is 6.54 Å². The van der Waals surface area contributed by atoms with Gasteiger partial charge in [0, 0.05) is 25.2 Å². The van der Waals surface area contributed by atoms with E-state index in [1.54, 1.807) is 0 Å². The van der Waals surface area contributed by atoms with Crippen LogP contribution in [0.4, 0.5) is 0 Å². The van der Waals surface area contributed by atoms with E-state index in [1.807, 2.05) is 0 Å². The summed E-state index contributed by atoms with van der Waals surface area (Å²) in [4.78, 5) is 11.7. The Morgan fingerprint density at radius 2 is 2.04 bits per heavy atom. The summed E-state index contributed by atoms with van der Waals surface area (Å²) in [6, 6.07) is 9.37. The standard InChI is InChI=1S/C20H30BN3O2/c21-8-4-3-7-20(22,19(25)26)16-10-17(11-16)24-13-18-9-14-5-1-2-6-15(14)12-23-18/h1-2,5-6,16-18,23-24H,3-4,7-13,22H2,(H,25,26). The Balaban J connectivity index is 1.43. The Morgan fingerprint density at radius 3 is 2.73 bits per heavy atom. The van der Waals surface area contributed by atoms with E-state index in [0.717, 1.165) is 45.2 Å². The first-order valence-corrected chi connectivity index (χ1v) is 9.79. The average Bonchev–Trinajstić information content (AvgIpc) is 2.60. The van der Waals surface area contributed by atoms with Gasteiger partial charge < -0.3 is 21.5 Å². The van der Waals surface area contributed by atoms with Gasteiger partial charge in [0.05, 0.1) is 7.85 Å². The van der Waals surface area contributed by atoms with Gasteiger partial charge in [-0.1, -0.05) is 43.4 Å². The van der Waals surface area contributed by atoms with Gasteiger partial charge in [0.2, 0.25) is 0 Å². The molecule has 6 heteroatoms. The number of nitrogens with one attached hydrogen (secondary N) is 2. The summed E-state index contributed by atoms with van der Waals surface area (Å²) in [6.45, 7) is 1.82. The number of nitrogens with two attached hydrogens (primary N) is 1. The Labute approximate surface area is 157 Å². The van der Waals surface area contributed by atoms with Crippen LogP contribution in [0.3, 0.4) is 0 Å². The molecule has 2 aliphatic rings. The molecular weight excluding hydrogens is 325 g/mol. The fourth-order valence-electron chi connectivity index (χ4n) is 4.23. The molecular formula is C20H30BN3O2. The maximum atomic E-state index is 11.7. The molecule has 5 nitrogen and oxygen atoms in total. The quantitative estimate of drug-likeness (QED) is 0.399. The summed E-state index contributed by atoms with van der Waals surface area (Å²) in [5, 5.41) is 16.8. The minimum Gasteiger partial charge on any atom is -0.480 e. The van der Waals surface area contributed by atoms with Gasteiger partial charge >= 0.3 is 5.97 Å². The van der Waals surface area contributed by atoms with Crippen LogP contribution < -0.4 is 16.4 Å². The minimum atomic E-state index is -1.10. The monoisotopic (exact) mass is 355 g/mol. The number of carboxylic acid groups (broad SMARTS) is 1. The van der Waals surface area contributed by atoms with E-state index in [9.17, 15) is 9.90 Å². The van der Waals surface area contributed by atoms with Crippen molar-refractivity contribution in [2.45, 2.75) is 69.0 Å². The van der Waals surface area contributed by atoms with Gasteiger partial charge in [0.15, 0.2) is 0 Å². The van der Waals surface area contributed by atoms with Crippen molar-refractivity contribution >= 4 is 13.8 Å². The van der Waals surface area contributed by atoms with Crippen LogP contribution in [0.2, 0.25) is 6.32 Å². The van der Waals surface area contributed by atoms with Gasteiger partial charge in [-0.15, -0.1) is 0 Å². The lowest BCUT2D eigenvalue weighted by atomic mass is 9.66. The fourth-order valence-corrected chi connectivity index (χ4v) is 4.23. The van der Waals surface area contributed by atoms with Crippen molar-refractivity contribution in [3.63, 3.8) is 0 Å². The molecule has 0 saturated heterocycles. The molecule has 5 N–H and O–H groups in total. The van der Waals surface area contributed by atoms with Crippen molar-refractivity contribution in [3.05, 3.63) is 35.4 Å². The lowest BCUT2D eigenvalue weighted by Crippen LogP contribution is -2.61. The third kappa shape index (κ3) is 4.30. The Morgan fingerprint density at radius 1 is 1.31 bits per heavy atom. The molecule has 0 spiro atoms. The second kappa shape index (κ2) is 8.55. The summed E-state index contributed by atoms with van der Waals surface area (Å²) in [7, 11) is 5.51. The highest BCUT2D eigenvalue weighted by Crippen LogP contribution is 2.38. The zero-order valence-corrected chi connectivity index (χ0v) is 15.4. The minimum absolute atomic E-state index is 0.0512. The summed E-state index contributed by atoms with van der Waals surface area (Å²) < 4.78 is 0. The number of unbranched alkanes of at least 4 members (excludes halogenated alkanes) is 1. The number of rotatable bonds is 9. The SMILES string of the molecule is [B]CCCCC(N)(C(=O)O)C1CC(NCC2Cc3ccccc3CN2)C1. The molecule has 2 radical (unpaired) electrons. The topological polar surface area (TPSA) is 87.4 Å². The van der Waals surface area contributed by atoms with E-state index >= 15 is 0 Å². The van der Waals surface area contributed by atoms with Gasteiger partial charge in [-0.25, -0.2) is 0 Å². The van der Waals surface area contributed by atoms with Crippen LogP contribution in [0.5, 0.6) is 0 Å². The second-order valence-corrected chi connectivity index (χ2v) is 7.92. The molecule has 0 aromatic heterocycles. The lowest BCUT2D eigenvalue weighted by molar-refractivity contribution is -0.148. The Kier molecular flexibility index (Phi) is 6.38. The maximum Gasteiger partial charge on any atom is 0.323 e. The van der Waals surface area contributed by atoms with Gasteiger partial charge in [-0.2, -0.15) is 0 Å². The highest BCUT2D eigenvalue weighted by atomic mass is 16.4. The lowest BCUT2D eigenvalue weighted by Gasteiger charge is -2.45. The molecule has 1 heterocycles. The largest absolute Gasteiger partial charge is 0.480 e. The van der Waals surface area contributed by atoms with Crippen molar-refractivity contribution in [2.24, 2.45) is 11.7 Å². The predicted octanol–water partition coefficient (Wildman–Crippen LogP) is 1.61. The number of hydrogen-bond acceptors (Lipinski definition) is 4. The first-order chi connectivity index (χ1) is 12.5. The second-order valence-electron chi connectivity index (χ2n) is 7.92. The summed E-state index contributed by atoms with van der Waals surface area (Å²) in [6.07, 6.45) is 5.42. The molecule has 1 saturated carbocycles. The molecule has 2 atom stereocenters. The van der Waals surface area contributed by atoms with E-state index in [4.69, 9.17) is 13.6 Å². The van der Waals surface area contributed by atoms with E-state index in [2.05, 4.69) is 34.9 Å². The van der Waals surface area contributed by atoms with Crippen LogP contribution in [0, 0.1) is 5.92 Å². The van der Waals surface area contributed by atoms with E-state index < -0.39 is 11.5 Å². The first kappa shape index (κ1) is 19.4. The highest BCUT2D eigenvalue weighted by molar-refractivity contribution is 6.08. The molecule has 1 fully saturated rings. The van der Waals surface area contributed by atoms with E-state index in [1.165, 1.54) is 11.1 Å². The van der Waals surface area contributed by atoms with Crippen LogP contribution >= 0.6 is 0 Å². The highest BCUT2D eigenvalue weighted by Gasteiger charge is 2.48. The number of fused-ring (bicyclic) bond motifs is 1. The van der Waals surface area contributed by atoms with Gasteiger partial charge in [-0.3, -0.25) is 4.79 Å². The molecule has 1 aromatic rings. The van der Waals surface area contributed by atoms with Gasteiger partial charge in [-0.05, 0) is 42.7 Å². The maximum absolute atomic E-state index is 11.7. The van der Waals surface area contributed by atoms with E-state index in [0.29, 0.717) is 24.8 Å². The van der Waals surface area contributed by atoms with Crippen LogP contribution in [-0.2, 0) is 17.8 Å². The molecule has 140 valence electrons. The summed E-state index contributed by atoms with van der Waals surface area (Å²) >= 11 is 0. The van der Waals surface area contributed by atoms with Crippen molar-refractivity contribution in [1.29, 1.82) is 0 Å². The van der Waals surface area contributed by atoms with Crippen LogP contribution in [0.1, 0.15) is 43.2 Å². The van der Waals surface area contributed by atoms with Crippen LogP contribution in [0.15, 0.2) is 24.3 Å². The predicted molar refractivity (Wildman–Crippen MR) is 104 cm³/mol. The molecule has 0 amide bonds. The van der Waals surface area contributed by atoms with E-state index in [-0.39, 0.29) is 5.92 Å². The number of carbonyl (C=O) groups is 1. The molecule has 1 aliphatic carbocycles. The average molecular weight is 355 g/mol. The third-order valence-electron chi connectivity index (χ3n) is 6.13. The molecule has 26 heavy (non-hydrogen) atoms. The molecule has 0 bridgehead atoms. The van der Waals surface area contributed by atoms with Crippen molar-refractivity contribution < 1.29 is 9.90 Å². The first-order valence-electron chi connectivity index (χ1n) is 9.79. The smallest absolute Gasteiger partial charge is 0.323 e. The van der Waals surface area contributed by atoms with Gasteiger partial charge in [0.25, 0.3) is 0 Å². The molecule has 2 unspecified atom stereocenters. The summed E-state index contributed by atoms with van der Waals surface area (Å²) in [5.41, 5.74) is 7.97. The number of hydrogen-bond donors (Lipinski definition) is 4. The van der Waals surface area contributed by atoms with Crippen molar-refractivity contribution in [1.82, 2.24) is 10.6 Å². The molecule has 1 aliphatic heterocycles. The van der Waals surface area contributed by atoms with Crippen LogP contribution in [0.25, 0.3) is 0 Å². The van der Waals surface area contributed by atoms with Gasteiger partial charge in [0.1, 0.15) is 5.54 Å². The van der Waals surface area contributed by atoms with Crippen LogP contribution in [-0.4, -0.2) is 43.1 Å². The zero-order valence-electron chi connectivity index (χ0n) is 15.4. The van der Waals surface area contributed by atoms with Crippen molar-refractivity contribution in [3.8, 4) is 0 Å². The number of aliphatic carboxylic acids is 1. The summed E-state index contributed by atoms with van der Waals surface area (Å²) in [5.74, 6) is -0.821. The number of benzene rings is 1. The molecule has 1 aromatic carbocycles. The number of carboxylic acids is 1. The Hall–Kier alpha value is -1.37. The normalized spacial score (nSPS) is 27.2. The fraction of sp³-hybridized carbons (Fsp3) is 0.650.